The summed E-state index contributed by atoms with van der Waals surface area (Å²) in [6.45, 7) is 1.85. The normalized spacial score (nSPS) is 13.2. The van der Waals surface area contributed by atoms with Gasteiger partial charge in [-0.3, -0.25) is 10.1 Å². The molecule has 2 N–H and O–H groups in total. The highest BCUT2D eigenvalue weighted by molar-refractivity contribution is 7.15. The summed E-state index contributed by atoms with van der Waals surface area (Å²) >= 11 is 1.55. The summed E-state index contributed by atoms with van der Waals surface area (Å²) in [5, 5.41) is 6.95. The van der Waals surface area contributed by atoms with Crippen LogP contribution >= 0.6 is 11.3 Å². The van der Waals surface area contributed by atoms with E-state index < -0.39 is 0 Å². The average Bonchev–Trinajstić information content (AvgIpc) is 3.14. The van der Waals surface area contributed by atoms with Crippen LogP contribution in [-0.4, -0.2) is 17.4 Å². The summed E-state index contributed by atoms with van der Waals surface area (Å²) in [6, 6.07) is 16.4. The molecule has 0 bridgehead atoms. The number of anilines is 1. The lowest BCUT2D eigenvalue weighted by molar-refractivity contribution is 0.102. The van der Waals surface area contributed by atoms with Gasteiger partial charge in [0, 0.05) is 23.2 Å². The predicted molar refractivity (Wildman–Crippen MR) is 106 cm³/mol. The van der Waals surface area contributed by atoms with Crippen LogP contribution < -0.4 is 10.6 Å². The van der Waals surface area contributed by atoms with Gasteiger partial charge in [0.1, 0.15) is 0 Å². The Morgan fingerprint density at radius 3 is 2.88 bits per heavy atom. The van der Waals surface area contributed by atoms with Crippen molar-refractivity contribution in [2.45, 2.75) is 25.8 Å². The molecule has 0 saturated carbocycles. The SMILES string of the molecule is O=C(Nc1ncc(CCc2ccccc2)s1)c1ccc2c(c1)CCNC2. The number of aryl methyl sites for hydroxylation is 2. The first-order valence-corrected chi connectivity index (χ1v) is 9.72. The van der Waals surface area contributed by atoms with E-state index in [9.17, 15) is 4.79 Å². The van der Waals surface area contributed by atoms with Crippen molar-refractivity contribution in [3.8, 4) is 0 Å². The molecule has 0 spiro atoms. The second-order valence-corrected chi connectivity index (χ2v) is 7.60. The molecule has 1 aliphatic heterocycles. The molecule has 26 heavy (non-hydrogen) atoms. The highest BCUT2D eigenvalue weighted by Crippen LogP contribution is 2.22. The number of amides is 1. The van der Waals surface area contributed by atoms with Gasteiger partial charge in [0.25, 0.3) is 5.91 Å². The van der Waals surface area contributed by atoms with Crippen LogP contribution in [0.5, 0.6) is 0 Å². The van der Waals surface area contributed by atoms with Crippen molar-refractivity contribution < 1.29 is 4.79 Å². The maximum atomic E-state index is 12.5. The zero-order chi connectivity index (χ0) is 17.8. The smallest absolute Gasteiger partial charge is 0.257 e. The van der Waals surface area contributed by atoms with E-state index in [0.29, 0.717) is 10.7 Å². The van der Waals surface area contributed by atoms with Crippen LogP contribution in [-0.2, 0) is 25.8 Å². The van der Waals surface area contributed by atoms with Crippen molar-refractivity contribution in [2.24, 2.45) is 0 Å². The molecule has 3 aromatic rings. The number of nitrogens with one attached hydrogen (secondary N) is 2. The third-order valence-electron chi connectivity index (χ3n) is 4.63. The lowest BCUT2D eigenvalue weighted by Gasteiger charge is -2.17. The Hall–Kier alpha value is -2.50. The van der Waals surface area contributed by atoms with Gasteiger partial charge in [-0.05, 0) is 54.6 Å². The number of aromatic nitrogens is 1. The molecule has 1 aliphatic rings. The Balaban J connectivity index is 1.38. The summed E-state index contributed by atoms with van der Waals surface area (Å²) in [5.74, 6) is -0.0877. The van der Waals surface area contributed by atoms with Gasteiger partial charge in [-0.1, -0.05) is 36.4 Å². The quantitative estimate of drug-likeness (QED) is 0.724. The Morgan fingerprint density at radius 2 is 2.00 bits per heavy atom. The third kappa shape index (κ3) is 4.00. The van der Waals surface area contributed by atoms with Crippen molar-refractivity contribution in [3.63, 3.8) is 0 Å². The molecule has 1 aromatic heterocycles. The molecule has 5 heteroatoms. The lowest BCUT2D eigenvalue weighted by Crippen LogP contribution is -2.24. The molecule has 2 heterocycles. The number of carbonyl (C=O) groups excluding carboxylic acids is 1. The van der Waals surface area contributed by atoms with Gasteiger partial charge < -0.3 is 5.32 Å². The Bertz CT molecular complexity index is 905. The number of fused-ring (bicyclic) bond motifs is 1. The lowest BCUT2D eigenvalue weighted by atomic mass is 9.98. The molecule has 2 aromatic carbocycles. The number of thiazole rings is 1. The van der Waals surface area contributed by atoms with Crippen molar-refractivity contribution in [3.05, 3.63) is 81.9 Å². The second kappa shape index (κ2) is 7.81. The first-order chi connectivity index (χ1) is 12.8. The minimum Gasteiger partial charge on any atom is -0.312 e. The van der Waals surface area contributed by atoms with Crippen molar-refractivity contribution >= 4 is 22.4 Å². The molecular weight excluding hydrogens is 342 g/mol. The number of benzene rings is 2. The van der Waals surface area contributed by atoms with E-state index in [4.69, 9.17) is 0 Å². The summed E-state index contributed by atoms with van der Waals surface area (Å²) in [4.78, 5) is 18.1. The van der Waals surface area contributed by atoms with Crippen LogP contribution in [0.1, 0.15) is 31.9 Å². The van der Waals surface area contributed by atoms with E-state index in [1.165, 1.54) is 21.6 Å². The van der Waals surface area contributed by atoms with E-state index in [1.807, 2.05) is 30.5 Å². The highest BCUT2D eigenvalue weighted by atomic mass is 32.1. The summed E-state index contributed by atoms with van der Waals surface area (Å²) in [7, 11) is 0. The van der Waals surface area contributed by atoms with Crippen LogP contribution in [0, 0.1) is 0 Å². The molecule has 132 valence electrons. The minimum atomic E-state index is -0.0877. The molecule has 4 rings (SSSR count). The Kier molecular flexibility index (Phi) is 5.09. The zero-order valence-electron chi connectivity index (χ0n) is 14.5. The third-order valence-corrected chi connectivity index (χ3v) is 5.60. The number of hydrogen-bond donors (Lipinski definition) is 2. The largest absolute Gasteiger partial charge is 0.312 e. The van der Waals surface area contributed by atoms with Crippen molar-refractivity contribution in [1.29, 1.82) is 0 Å². The molecule has 0 radical (unpaired) electrons. The second-order valence-electron chi connectivity index (χ2n) is 6.48. The van der Waals surface area contributed by atoms with E-state index in [1.54, 1.807) is 11.3 Å². The summed E-state index contributed by atoms with van der Waals surface area (Å²) in [6.07, 6.45) is 4.75. The summed E-state index contributed by atoms with van der Waals surface area (Å²) < 4.78 is 0. The highest BCUT2D eigenvalue weighted by Gasteiger charge is 2.14. The van der Waals surface area contributed by atoms with Crippen molar-refractivity contribution in [2.75, 3.05) is 11.9 Å². The average molecular weight is 363 g/mol. The van der Waals surface area contributed by atoms with E-state index in [-0.39, 0.29) is 5.91 Å². The molecule has 4 nitrogen and oxygen atoms in total. The predicted octanol–water partition coefficient (Wildman–Crippen LogP) is 3.83. The molecule has 1 amide bonds. The van der Waals surface area contributed by atoms with Crippen LogP contribution in [0.2, 0.25) is 0 Å². The molecule has 0 atom stereocenters. The number of hydrogen-bond acceptors (Lipinski definition) is 4. The first-order valence-electron chi connectivity index (χ1n) is 8.90. The van der Waals surface area contributed by atoms with Gasteiger partial charge in [-0.2, -0.15) is 0 Å². The standard InChI is InChI=1S/C21H21N3OS/c25-20(17-7-8-18-13-22-11-10-16(18)12-17)24-21-23-14-19(26-21)9-6-15-4-2-1-3-5-15/h1-5,7-8,12,14,22H,6,9-11,13H2,(H,23,24,25). The monoisotopic (exact) mass is 363 g/mol. The van der Waals surface area contributed by atoms with E-state index in [0.717, 1.165) is 32.4 Å². The molecule has 0 fully saturated rings. The van der Waals surface area contributed by atoms with Crippen molar-refractivity contribution in [1.82, 2.24) is 10.3 Å². The maximum absolute atomic E-state index is 12.5. The van der Waals surface area contributed by atoms with Crippen LogP contribution in [0.4, 0.5) is 5.13 Å². The zero-order valence-corrected chi connectivity index (χ0v) is 15.3. The minimum absolute atomic E-state index is 0.0877. The fourth-order valence-corrected chi connectivity index (χ4v) is 3.99. The van der Waals surface area contributed by atoms with Gasteiger partial charge in [0.05, 0.1) is 0 Å². The fraction of sp³-hybridized carbons (Fsp3) is 0.238. The van der Waals surface area contributed by atoms with Crippen LogP contribution in [0.3, 0.4) is 0 Å². The molecule has 0 aliphatic carbocycles. The number of rotatable bonds is 5. The first kappa shape index (κ1) is 16.9. The Labute approximate surface area is 157 Å². The van der Waals surface area contributed by atoms with Gasteiger partial charge in [-0.15, -0.1) is 11.3 Å². The van der Waals surface area contributed by atoms with Crippen LogP contribution in [0.25, 0.3) is 0 Å². The maximum Gasteiger partial charge on any atom is 0.257 e. The Morgan fingerprint density at radius 1 is 1.12 bits per heavy atom. The van der Waals surface area contributed by atoms with Gasteiger partial charge in [0.2, 0.25) is 0 Å². The molecule has 0 saturated heterocycles. The topological polar surface area (TPSA) is 54.0 Å². The summed E-state index contributed by atoms with van der Waals surface area (Å²) in [5.41, 5.74) is 4.56. The van der Waals surface area contributed by atoms with Crippen LogP contribution in [0.15, 0.2) is 54.7 Å². The van der Waals surface area contributed by atoms with Gasteiger partial charge in [0.15, 0.2) is 5.13 Å². The van der Waals surface area contributed by atoms with E-state index >= 15 is 0 Å². The fourth-order valence-electron chi connectivity index (χ4n) is 3.18. The molecule has 0 unspecified atom stereocenters. The van der Waals surface area contributed by atoms with Gasteiger partial charge in [-0.25, -0.2) is 4.98 Å². The van der Waals surface area contributed by atoms with E-state index in [2.05, 4.69) is 39.9 Å². The molecular formula is C21H21N3OS. The number of carbonyl (C=O) groups is 1. The number of nitrogens with zero attached hydrogens (tertiary/aromatic N) is 1. The van der Waals surface area contributed by atoms with Gasteiger partial charge >= 0.3 is 0 Å².